The van der Waals surface area contributed by atoms with Crippen molar-refractivity contribution in [1.82, 2.24) is 4.98 Å². The van der Waals surface area contributed by atoms with E-state index >= 15 is 0 Å². The van der Waals surface area contributed by atoms with Gasteiger partial charge in [-0.1, -0.05) is 6.07 Å². The molecular formula is C13H11IN2O. The molecule has 0 bridgehead atoms. The van der Waals surface area contributed by atoms with Crippen molar-refractivity contribution >= 4 is 34.2 Å². The van der Waals surface area contributed by atoms with E-state index in [0.717, 1.165) is 14.8 Å². The lowest BCUT2D eigenvalue weighted by atomic mass is 10.2. The Kier molecular flexibility index (Phi) is 3.73. The second-order valence-corrected chi connectivity index (χ2v) is 4.88. The number of nitrogens with zero attached hydrogens (tertiary/aromatic N) is 1. The van der Waals surface area contributed by atoms with E-state index in [-0.39, 0.29) is 5.91 Å². The number of hydrogen-bond donors (Lipinski definition) is 1. The maximum atomic E-state index is 11.9. The van der Waals surface area contributed by atoms with Gasteiger partial charge in [0.15, 0.2) is 0 Å². The third-order valence-electron chi connectivity index (χ3n) is 2.33. The number of amides is 1. The molecular weight excluding hydrogens is 327 g/mol. The maximum Gasteiger partial charge on any atom is 0.274 e. The summed E-state index contributed by atoms with van der Waals surface area (Å²) >= 11 is 2.22. The monoisotopic (exact) mass is 338 g/mol. The normalized spacial score (nSPS) is 10.0. The Hall–Kier alpha value is -1.43. The van der Waals surface area contributed by atoms with Gasteiger partial charge < -0.3 is 5.32 Å². The van der Waals surface area contributed by atoms with Crippen LogP contribution in [0.1, 0.15) is 16.1 Å². The molecule has 1 aromatic heterocycles. The van der Waals surface area contributed by atoms with Gasteiger partial charge >= 0.3 is 0 Å². The molecule has 0 saturated heterocycles. The molecule has 1 N–H and O–H groups in total. The maximum absolute atomic E-state index is 11.9. The van der Waals surface area contributed by atoms with Crippen molar-refractivity contribution in [2.45, 2.75) is 6.92 Å². The minimum atomic E-state index is -0.177. The number of pyridine rings is 1. The number of carbonyl (C=O) groups is 1. The molecule has 0 aliphatic carbocycles. The number of nitrogens with one attached hydrogen (secondary N) is 1. The van der Waals surface area contributed by atoms with Crippen LogP contribution in [0, 0.1) is 10.5 Å². The Bertz CT molecular complexity index is 537. The summed E-state index contributed by atoms with van der Waals surface area (Å²) in [4.78, 5) is 16.0. The van der Waals surface area contributed by atoms with Gasteiger partial charge in [-0.25, -0.2) is 0 Å². The summed E-state index contributed by atoms with van der Waals surface area (Å²) in [6.45, 7) is 1.87. The molecule has 0 unspecified atom stereocenters. The fourth-order valence-corrected chi connectivity index (χ4v) is 1.81. The molecule has 2 rings (SSSR count). The number of rotatable bonds is 2. The number of carbonyl (C=O) groups excluding carboxylic acids is 1. The van der Waals surface area contributed by atoms with E-state index in [1.54, 1.807) is 6.20 Å². The van der Waals surface area contributed by atoms with Crippen LogP contribution >= 0.6 is 22.6 Å². The fourth-order valence-electron chi connectivity index (χ4n) is 1.45. The molecule has 0 spiro atoms. The zero-order valence-corrected chi connectivity index (χ0v) is 11.4. The lowest BCUT2D eigenvalue weighted by molar-refractivity contribution is 0.102. The van der Waals surface area contributed by atoms with Crippen molar-refractivity contribution in [1.29, 1.82) is 0 Å². The van der Waals surface area contributed by atoms with E-state index in [2.05, 4.69) is 32.9 Å². The fraction of sp³-hybridized carbons (Fsp3) is 0.0769. The number of hydrogen-bond acceptors (Lipinski definition) is 2. The van der Waals surface area contributed by atoms with Crippen LogP contribution in [0.15, 0.2) is 42.6 Å². The number of aromatic nitrogens is 1. The van der Waals surface area contributed by atoms with Crippen molar-refractivity contribution in [3.05, 3.63) is 57.4 Å². The molecule has 17 heavy (non-hydrogen) atoms. The van der Waals surface area contributed by atoms with Gasteiger partial charge in [-0.3, -0.25) is 9.78 Å². The van der Waals surface area contributed by atoms with Crippen molar-refractivity contribution in [3.63, 3.8) is 0 Å². The highest BCUT2D eigenvalue weighted by Crippen LogP contribution is 2.13. The minimum Gasteiger partial charge on any atom is -0.321 e. The quantitative estimate of drug-likeness (QED) is 0.854. The lowest BCUT2D eigenvalue weighted by Gasteiger charge is -2.06. The summed E-state index contributed by atoms with van der Waals surface area (Å²) in [5.74, 6) is -0.177. The molecule has 4 heteroatoms. The van der Waals surface area contributed by atoms with Gasteiger partial charge in [-0.15, -0.1) is 0 Å². The first-order valence-corrected chi connectivity index (χ1v) is 6.23. The van der Waals surface area contributed by atoms with Crippen LogP contribution < -0.4 is 5.32 Å². The molecule has 0 saturated carbocycles. The average Bonchev–Trinajstić information content (AvgIpc) is 2.32. The molecule has 1 heterocycles. The van der Waals surface area contributed by atoms with E-state index in [0.29, 0.717) is 5.69 Å². The number of halogens is 1. The Morgan fingerprint density at radius 3 is 2.59 bits per heavy atom. The molecule has 0 aliphatic heterocycles. The van der Waals surface area contributed by atoms with Gasteiger partial charge in [0.1, 0.15) is 5.69 Å². The summed E-state index contributed by atoms with van der Waals surface area (Å²) in [5, 5.41) is 2.82. The third-order valence-corrected chi connectivity index (χ3v) is 3.05. The third kappa shape index (κ3) is 3.03. The number of aryl methyl sites for hydroxylation is 1. The predicted octanol–water partition coefficient (Wildman–Crippen LogP) is 3.25. The highest BCUT2D eigenvalue weighted by molar-refractivity contribution is 14.1. The van der Waals surface area contributed by atoms with Gasteiger partial charge in [0.2, 0.25) is 0 Å². The molecule has 2 aromatic rings. The topological polar surface area (TPSA) is 42.0 Å². The highest BCUT2D eigenvalue weighted by Gasteiger charge is 2.09. The van der Waals surface area contributed by atoms with Crippen LogP contribution in [0.5, 0.6) is 0 Å². The van der Waals surface area contributed by atoms with Crippen molar-refractivity contribution in [2.75, 3.05) is 5.32 Å². The van der Waals surface area contributed by atoms with Crippen LogP contribution in [0.4, 0.5) is 5.69 Å². The van der Waals surface area contributed by atoms with Crippen molar-refractivity contribution < 1.29 is 4.79 Å². The smallest absolute Gasteiger partial charge is 0.274 e. The summed E-state index contributed by atoms with van der Waals surface area (Å²) < 4.78 is 1.13. The molecule has 1 amide bonds. The molecule has 0 radical (unpaired) electrons. The largest absolute Gasteiger partial charge is 0.321 e. The van der Waals surface area contributed by atoms with Crippen LogP contribution in [0.3, 0.4) is 0 Å². The summed E-state index contributed by atoms with van der Waals surface area (Å²) in [5.41, 5.74) is 2.11. The van der Waals surface area contributed by atoms with E-state index < -0.39 is 0 Å². The first-order chi connectivity index (χ1) is 8.16. The second-order valence-electron chi connectivity index (χ2n) is 3.63. The summed E-state index contributed by atoms with van der Waals surface area (Å²) in [6, 6.07) is 11.3. The van der Waals surface area contributed by atoms with Crippen molar-refractivity contribution in [2.24, 2.45) is 0 Å². The van der Waals surface area contributed by atoms with Gasteiger partial charge in [0, 0.05) is 15.5 Å². The average molecular weight is 338 g/mol. The molecule has 86 valence electrons. The van der Waals surface area contributed by atoms with E-state index in [1.165, 1.54) is 0 Å². The Morgan fingerprint density at radius 2 is 1.94 bits per heavy atom. The second kappa shape index (κ2) is 5.27. The van der Waals surface area contributed by atoms with E-state index in [4.69, 9.17) is 0 Å². The molecule has 0 atom stereocenters. The SMILES string of the molecule is Cc1cccnc1C(=O)Nc1ccc(I)cc1. The zero-order chi connectivity index (χ0) is 12.3. The highest BCUT2D eigenvalue weighted by atomic mass is 127. The number of benzene rings is 1. The van der Waals surface area contributed by atoms with Gasteiger partial charge in [0.25, 0.3) is 5.91 Å². The van der Waals surface area contributed by atoms with Crippen LogP contribution in [-0.4, -0.2) is 10.9 Å². The van der Waals surface area contributed by atoms with E-state index in [1.807, 2.05) is 43.3 Å². The minimum absolute atomic E-state index is 0.177. The van der Waals surface area contributed by atoms with Crippen LogP contribution in [-0.2, 0) is 0 Å². The Morgan fingerprint density at radius 1 is 1.24 bits per heavy atom. The summed E-state index contributed by atoms with van der Waals surface area (Å²) in [7, 11) is 0. The molecule has 0 aliphatic rings. The first kappa shape index (κ1) is 12.0. The molecule has 1 aromatic carbocycles. The summed E-state index contributed by atoms with van der Waals surface area (Å²) in [6.07, 6.45) is 1.62. The van der Waals surface area contributed by atoms with E-state index in [9.17, 15) is 4.79 Å². The Labute approximate surface area is 113 Å². The lowest BCUT2D eigenvalue weighted by Crippen LogP contribution is -2.14. The predicted molar refractivity (Wildman–Crippen MR) is 76.1 cm³/mol. The standard InChI is InChI=1S/C13H11IN2O/c1-9-3-2-8-15-12(9)13(17)16-11-6-4-10(14)5-7-11/h2-8H,1H3,(H,16,17). The molecule has 3 nitrogen and oxygen atoms in total. The van der Waals surface area contributed by atoms with Gasteiger partial charge in [-0.05, 0) is 65.4 Å². The van der Waals surface area contributed by atoms with Crippen LogP contribution in [0.25, 0.3) is 0 Å². The Balaban J connectivity index is 2.17. The van der Waals surface area contributed by atoms with Gasteiger partial charge in [-0.2, -0.15) is 0 Å². The molecule has 0 fully saturated rings. The zero-order valence-electron chi connectivity index (χ0n) is 9.27. The van der Waals surface area contributed by atoms with Gasteiger partial charge in [0.05, 0.1) is 0 Å². The number of anilines is 1. The van der Waals surface area contributed by atoms with Crippen LogP contribution in [0.2, 0.25) is 0 Å². The first-order valence-electron chi connectivity index (χ1n) is 5.15. The van der Waals surface area contributed by atoms with Crippen molar-refractivity contribution in [3.8, 4) is 0 Å².